The molecule has 0 aliphatic carbocycles. The number of benzene rings is 1. The van der Waals surface area contributed by atoms with E-state index in [0.717, 1.165) is 21.5 Å². The standard InChI is InChI=1S/C14H17BrN2O3S/c1-9-2-3-10(15)6-12(9)16-14(20)17-4-5-21-8-11(17)7-13(18)19/h2-3,6,11H,4-5,7-8H2,1H3,(H,16,20)(H,18,19). The Balaban J connectivity index is 2.10. The third-order valence-electron chi connectivity index (χ3n) is 3.34. The number of nitrogens with one attached hydrogen (secondary N) is 1. The summed E-state index contributed by atoms with van der Waals surface area (Å²) < 4.78 is 0.889. The number of aliphatic carboxylic acids is 1. The van der Waals surface area contributed by atoms with Gasteiger partial charge in [-0.05, 0) is 24.6 Å². The van der Waals surface area contributed by atoms with Crippen molar-refractivity contribution in [1.29, 1.82) is 0 Å². The van der Waals surface area contributed by atoms with E-state index < -0.39 is 5.97 Å². The molecule has 1 aromatic carbocycles. The maximum atomic E-state index is 12.4. The molecule has 114 valence electrons. The number of hydrogen-bond acceptors (Lipinski definition) is 3. The summed E-state index contributed by atoms with van der Waals surface area (Å²) in [6.45, 7) is 2.49. The fourth-order valence-electron chi connectivity index (χ4n) is 2.21. The number of hydrogen-bond donors (Lipinski definition) is 2. The van der Waals surface area contributed by atoms with Gasteiger partial charge in [0.15, 0.2) is 0 Å². The van der Waals surface area contributed by atoms with Crippen LogP contribution in [0.1, 0.15) is 12.0 Å². The smallest absolute Gasteiger partial charge is 0.322 e. The molecule has 1 aromatic rings. The first kappa shape index (κ1) is 16.2. The largest absolute Gasteiger partial charge is 0.481 e. The lowest BCUT2D eigenvalue weighted by Crippen LogP contribution is -2.49. The molecule has 21 heavy (non-hydrogen) atoms. The number of aryl methyl sites for hydroxylation is 1. The molecule has 1 aliphatic rings. The topological polar surface area (TPSA) is 69.6 Å². The highest BCUT2D eigenvalue weighted by atomic mass is 79.9. The van der Waals surface area contributed by atoms with Crippen molar-refractivity contribution in [2.75, 3.05) is 23.4 Å². The van der Waals surface area contributed by atoms with Gasteiger partial charge < -0.3 is 15.3 Å². The molecule has 1 aliphatic heterocycles. The van der Waals surface area contributed by atoms with Crippen LogP contribution in [0.4, 0.5) is 10.5 Å². The Bertz CT molecular complexity index is 553. The van der Waals surface area contributed by atoms with Crippen LogP contribution in [0.15, 0.2) is 22.7 Å². The molecule has 0 bridgehead atoms. The number of halogens is 1. The molecule has 2 amide bonds. The summed E-state index contributed by atoms with van der Waals surface area (Å²) in [7, 11) is 0. The van der Waals surface area contributed by atoms with Crippen LogP contribution in [0.3, 0.4) is 0 Å². The molecular weight excluding hydrogens is 356 g/mol. The summed E-state index contributed by atoms with van der Waals surface area (Å²) in [6.07, 6.45) is -0.0160. The quantitative estimate of drug-likeness (QED) is 0.854. The summed E-state index contributed by atoms with van der Waals surface area (Å²) in [4.78, 5) is 25.0. The molecule has 2 N–H and O–H groups in total. The summed E-state index contributed by atoms with van der Waals surface area (Å²) in [5.74, 6) is 0.622. The van der Waals surface area contributed by atoms with Crippen molar-refractivity contribution in [2.24, 2.45) is 0 Å². The van der Waals surface area contributed by atoms with Crippen molar-refractivity contribution in [3.05, 3.63) is 28.2 Å². The molecule has 0 radical (unpaired) electrons. The molecule has 1 atom stereocenters. The number of amides is 2. The zero-order chi connectivity index (χ0) is 15.4. The zero-order valence-corrected chi connectivity index (χ0v) is 14.0. The highest BCUT2D eigenvalue weighted by Gasteiger charge is 2.29. The number of anilines is 1. The predicted molar refractivity (Wildman–Crippen MR) is 88.0 cm³/mol. The van der Waals surface area contributed by atoms with E-state index >= 15 is 0 Å². The lowest BCUT2D eigenvalue weighted by atomic mass is 10.2. The number of carbonyl (C=O) groups excluding carboxylic acids is 1. The van der Waals surface area contributed by atoms with Gasteiger partial charge in [-0.2, -0.15) is 11.8 Å². The van der Waals surface area contributed by atoms with Crippen molar-refractivity contribution in [2.45, 2.75) is 19.4 Å². The van der Waals surface area contributed by atoms with Gasteiger partial charge in [0.1, 0.15) is 0 Å². The number of rotatable bonds is 3. The highest BCUT2D eigenvalue weighted by molar-refractivity contribution is 9.10. The van der Waals surface area contributed by atoms with Gasteiger partial charge in [-0.25, -0.2) is 4.79 Å². The summed E-state index contributed by atoms with van der Waals surface area (Å²) in [5, 5.41) is 11.8. The third kappa shape index (κ3) is 4.38. The molecule has 1 heterocycles. The first-order valence-corrected chi connectivity index (χ1v) is 8.55. The molecular formula is C14H17BrN2O3S. The van der Waals surface area contributed by atoms with Crippen LogP contribution in [0.5, 0.6) is 0 Å². The maximum absolute atomic E-state index is 12.4. The van der Waals surface area contributed by atoms with E-state index in [0.29, 0.717) is 12.3 Å². The zero-order valence-electron chi connectivity index (χ0n) is 11.6. The Labute approximate surface area is 136 Å². The van der Waals surface area contributed by atoms with E-state index in [4.69, 9.17) is 5.11 Å². The number of carboxylic acid groups (broad SMARTS) is 1. The van der Waals surface area contributed by atoms with Gasteiger partial charge in [0.25, 0.3) is 0 Å². The summed E-state index contributed by atoms with van der Waals surface area (Å²) in [6, 6.07) is 5.19. The Kier molecular flexibility index (Phi) is 5.52. The Hall–Kier alpha value is -1.21. The minimum absolute atomic E-state index is 0.0160. The molecule has 2 rings (SSSR count). The van der Waals surface area contributed by atoms with Gasteiger partial charge in [0.05, 0.1) is 12.5 Å². The van der Waals surface area contributed by atoms with Gasteiger partial charge >= 0.3 is 12.0 Å². The molecule has 1 saturated heterocycles. The monoisotopic (exact) mass is 372 g/mol. The SMILES string of the molecule is Cc1ccc(Br)cc1NC(=O)N1CCSCC1CC(=O)O. The van der Waals surface area contributed by atoms with E-state index in [1.807, 2.05) is 25.1 Å². The van der Waals surface area contributed by atoms with Crippen LogP contribution >= 0.6 is 27.7 Å². The minimum Gasteiger partial charge on any atom is -0.481 e. The van der Waals surface area contributed by atoms with Gasteiger partial charge in [-0.1, -0.05) is 22.0 Å². The summed E-state index contributed by atoms with van der Waals surface area (Å²) in [5.41, 5.74) is 1.70. The third-order valence-corrected chi connectivity index (χ3v) is 4.92. The van der Waals surface area contributed by atoms with Crippen LogP contribution in [-0.2, 0) is 4.79 Å². The Morgan fingerprint density at radius 3 is 3.00 bits per heavy atom. The predicted octanol–water partition coefficient (Wildman–Crippen LogP) is 3.18. The van der Waals surface area contributed by atoms with Crippen molar-refractivity contribution in [1.82, 2.24) is 4.90 Å². The summed E-state index contributed by atoms with van der Waals surface area (Å²) >= 11 is 5.07. The van der Waals surface area contributed by atoms with Crippen LogP contribution in [0, 0.1) is 6.92 Å². The number of urea groups is 1. The molecule has 7 heteroatoms. The van der Waals surface area contributed by atoms with Crippen molar-refractivity contribution < 1.29 is 14.7 Å². The second-order valence-corrected chi connectivity index (χ2v) is 6.97. The van der Waals surface area contributed by atoms with Crippen molar-refractivity contribution in [3.8, 4) is 0 Å². The Morgan fingerprint density at radius 2 is 2.29 bits per heavy atom. The van der Waals surface area contributed by atoms with Crippen LogP contribution < -0.4 is 5.32 Å². The van der Waals surface area contributed by atoms with Gasteiger partial charge in [0.2, 0.25) is 0 Å². The van der Waals surface area contributed by atoms with Gasteiger partial charge in [-0.3, -0.25) is 4.79 Å². The second-order valence-electron chi connectivity index (χ2n) is 4.91. The number of carbonyl (C=O) groups is 2. The average molecular weight is 373 g/mol. The first-order chi connectivity index (χ1) is 9.97. The van der Waals surface area contributed by atoms with Crippen molar-refractivity contribution in [3.63, 3.8) is 0 Å². The van der Waals surface area contributed by atoms with E-state index in [9.17, 15) is 9.59 Å². The Morgan fingerprint density at radius 1 is 1.52 bits per heavy atom. The van der Waals surface area contributed by atoms with Gasteiger partial charge in [-0.15, -0.1) is 0 Å². The molecule has 1 fully saturated rings. The van der Waals surface area contributed by atoms with E-state index in [-0.39, 0.29) is 18.5 Å². The van der Waals surface area contributed by atoms with E-state index in [1.54, 1.807) is 16.7 Å². The lowest BCUT2D eigenvalue weighted by Gasteiger charge is -2.34. The van der Waals surface area contributed by atoms with Gasteiger partial charge in [0, 0.05) is 28.2 Å². The molecule has 5 nitrogen and oxygen atoms in total. The van der Waals surface area contributed by atoms with Crippen LogP contribution in [0.25, 0.3) is 0 Å². The molecule has 0 spiro atoms. The fourth-order valence-corrected chi connectivity index (χ4v) is 3.63. The average Bonchev–Trinajstić information content (AvgIpc) is 2.42. The van der Waals surface area contributed by atoms with Crippen molar-refractivity contribution >= 4 is 45.4 Å². The number of nitrogens with zero attached hydrogens (tertiary/aromatic N) is 1. The second kappa shape index (κ2) is 7.17. The lowest BCUT2D eigenvalue weighted by molar-refractivity contribution is -0.137. The maximum Gasteiger partial charge on any atom is 0.322 e. The fraction of sp³-hybridized carbons (Fsp3) is 0.429. The number of carboxylic acids is 1. The highest BCUT2D eigenvalue weighted by Crippen LogP contribution is 2.23. The van der Waals surface area contributed by atoms with Crippen LogP contribution in [-0.4, -0.2) is 46.1 Å². The van der Waals surface area contributed by atoms with Crippen LogP contribution in [0.2, 0.25) is 0 Å². The molecule has 0 saturated carbocycles. The molecule has 1 unspecified atom stereocenters. The molecule has 0 aromatic heterocycles. The van der Waals surface area contributed by atoms with E-state index in [2.05, 4.69) is 21.2 Å². The van der Waals surface area contributed by atoms with E-state index in [1.165, 1.54) is 0 Å². The first-order valence-electron chi connectivity index (χ1n) is 6.60. The minimum atomic E-state index is -0.876. The number of thioether (sulfide) groups is 1. The normalized spacial score (nSPS) is 18.4.